The Morgan fingerprint density at radius 2 is 1.47 bits per heavy atom. The van der Waals surface area contributed by atoms with Crippen LogP contribution in [0.1, 0.15) is 95.1 Å². The number of hydrogen-bond donors (Lipinski definition) is 0. The second-order valence-electron chi connectivity index (χ2n) is 8.98. The molecular formula is C27H35F3. The van der Waals surface area contributed by atoms with Crippen LogP contribution >= 0.6 is 0 Å². The third kappa shape index (κ3) is 5.68. The van der Waals surface area contributed by atoms with Gasteiger partial charge in [0.1, 0.15) is 5.82 Å². The highest BCUT2D eigenvalue weighted by atomic mass is 19.3. The van der Waals surface area contributed by atoms with Gasteiger partial charge in [0.25, 0.3) is 5.92 Å². The molecule has 3 heteroatoms. The molecule has 0 saturated heterocycles. The first-order chi connectivity index (χ1) is 14.4. The summed E-state index contributed by atoms with van der Waals surface area (Å²) in [6.45, 7) is 4.11. The van der Waals surface area contributed by atoms with Crippen LogP contribution in [0.5, 0.6) is 0 Å². The number of halogens is 3. The maximum Gasteiger partial charge on any atom is 0.276 e. The highest BCUT2D eigenvalue weighted by molar-refractivity contribution is 5.64. The molecule has 3 rings (SSSR count). The van der Waals surface area contributed by atoms with E-state index in [2.05, 4.69) is 19.1 Å². The Morgan fingerprint density at radius 3 is 2.07 bits per heavy atom. The summed E-state index contributed by atoms with van der Waals surface area (Å²) in [4.78, 5) is 0. The molecule has 0 unspecified atom stereocenters. The van der Waals surface area contributed by atoms with Crippen molar-refractivity contribution in [1.82, 2.24) is 0 Å². The fourth-order valence-corrected chi connectivity index (χ4v) is 4.75. The molecule has 0 aromatic heterocycles. The van der Waals surface area contributed by atoms with E-state index < -0.39 is 17.3 Å². The number of rotatable bonds is 9. The molecule has 164 valence electrons. The lowest BCUT2D eigenvalue weighted by Crippen LogP contribution is -2.15. The molecule has 0 bridgehead atoms. The van der Waals surface area contributed by atoms with Crippen molar-refractivity contribution in [1.29, 1.82) is 0 Å². The van der Waals surface area contributed by atoms with E-state index in [1.165, 1.54) is 62.6 Å². The standard InChI is InChI=1S/C27H35F3/c1-3-5-7-20-8-10-21(11-9-20)22-12-14-23(15-13-22)24-16-17-25(26(28)19-24)27(29,30)18-6-4-2/h12-17,19-21H,3-11,18H2,1-2H3. The molecule has 2 aromatic carbocycles. The molecule has 1 saturated carbocycles. The number of alkyl halides is 2. The van der Waals surface area contributed by atoms with Crippen LogP contribution in [-0.4, -0.2) is 0 Å². The minimum Gasteiger partial charge on any atom is -0.206 e. The van der Waals surface area contributed by atoms with Crippen molar-refractivity contribution in [2.24, 2.45) is 5.92 Å². The van der Waals surface area contributed by atoms with Crippen molar-refractivity contribution in [2.75, 3.05) is 0 Å². The Bertz CT molecular complexity index is 786. The van der Waals surface area contributed by atoms with Gasteiger partial charge in [-0.25, -0.2) is 13.2 Å². The zero-order chi connectivity index (χ0) is 21.6. The van der Waals surface area contributed by atoms with Crippen LogP contribution in [0.15, 0.2) is 42.5 Å². The smallest absolute Gasteiger partial charge is 0.206 e. The van der Waals surface area contributed by atoms with E-state index in [0.29, 0.717) is 24.3 Å². The van der Waals surface area contributed by atoms with E-state index >= 15 is 0 Å². The van der Waals surface area contributed by atoms with E-state index in [-0.39, 0.29) is 6.42 Å². The summed E-state index contributed by atoms with van der Waals surface area (Å²) in [5.74, 6) is -2.44. The fraction of sp³-hybridized carbons (Fsp3) is 0.556. The maximum atomic E-state index is 14.5. The monoisotopic (exact) mass is 416 g/mol. The molecule has 1 fully saturated rings. The number of benzene rings is 2. The maximum absolute atomic E-state index is 14.5. The topological polar surface area (TPSA) is 0 Å². The summed E-state index contributed by atoms with van der Waals surface area (Å²) in [6.07, 6.45) is 9.82. The van der Waals surface area contributed by atoms with Crippen LogP contribution in [0.4, 0.5) is 13.2 Å². The van der Waals surface area contributed by atoms with Crippen molar-refractivity contribution in [3.8, 4) is 11.1 Å². The van der Waals surface area contributed by atoms with Crippen molar-refractivity contribution in [3.05, 3.63) is 59.4 Å². The lowest BCUT2D eigenvalue weighted by Gasteiger charge is -2.29. The van der Waals surface area contributed by atoms with Gasteiger partial charge in [-0.3, -0.25) is 0 Å². The van der Waals surface area contributed by atoms with Gasteiger partial charge in [0.05, 0.1) is 5.56 Å². The summed E-state index contributed by atoms with van der Waals surface area (Å²) in [7, 11) is 0. The largest absolute Gasteiger partial charge is 0.276 e. The van der Waals surface area contributed by atoms with Crippen molar-refractivity contribution < 1.29 is 13.2 Å². The lowest BCUT2D eigenvalue weighted by atomic mass is 9.77. The van der Waals surface area contributed by atoms with Gasteiger partial charge in [-0.2, -0.15) is 0 Å². The molecule has 0 heterocycles. The predicted molar refractivity (Wildman–Crippen MR) is 119 cm³/mol. The first kappa shape index (κ1) is 22.9. The summed E-state index contributed by atoms with van der Waals surface area (Å²) in [5.41, 5.74) is 2.38. The molecule has 2 aromatic rings. The third-order valence-corrected chi connectivity index (χ3v) is 6.74. The number of hydrogen-bond acceptors (Lipinski definition) is 0. The van der Waals surface area contributed by atoms with E-state index in [0.717, 1.165) is 11.5 Å². The van der Waals surface area contributed by atoms with Gasteiger partial charge < -0.3 is 0 Å². The van der Waals surface area contributed by atoms with Crippen LogP contribution in [0.3, 0.4) is 0 Å². The van der Waals surface area contributed by atoms with E-state index in [1.54, 1.807) is 6.07 Å². The van der Waals surface area contributed by atoms with Gasteiger partial charge in [-0.15, -0.1) is 0 Å². The molecule has 1 aliphatic rings. The highest BCUT2D eigenvalue weighted by Gasteiger charge is 2.33. The molecule has 0 amide bonds. The quantitative estimate of drug-likeness (QED) is 0.382. The summed E-state index contributed by atoms with van der Waals surface area (Å²) < 4.78 is 43.0. The van der Waals surface area contributed by atoms with Gasteiger partial charge in [0, 0.05) is 6.42 Å². The summed E-state index contributed by atoms with van der Waals surface area (Å²) >= 11 is 0. The average Bonchev–Trinajstić information content (AvgIpc) is 2.76. The second kappa shape index (κ2) is 10.5. The average molecular weight is 417 g/mol. The van der Waals surface area contributed by atoms with Gasteiger partial charge in [-0.05, 0) is 72.8 Å². The Hall–Kier alpha value is -1.77. The molecule has 0 N–H and O–H groups in total. The minimum absolute atomic E-state index is 0.310. The Kier molecular flexibility index (Phi) is 8.02. The lowest BCUT2D eigenvalue weighted by molar-refractivity contribution is -0.0187. The molecule has 0 spiro atoms. The Morgan fingerprint density at radius 1 is 0.833 bits per heavy atom. The van der Waals surface area contributed by atoms with E-state index in [9.17, 15) is 13.2 Å². The SMILES string of the molecule is CCCCC1CCC(c2ccc(-c3ccc(C(F)(F)CCCC)c(F)c3)cc2)CC1. The van der Waals surface area contributed by atoms with Crippen LogP contribution in [0.25, 0.3) is 11.1 Å². The van der Waals surface area contributed by atoms with Crippen LogP contribution < -0.4 is 0 Å². The Labute approximate surface area is 179 Å². The summed E-state index contributed by atoms with van der Waals surface area (Å²) in [5, 5.41) is 0. The van der Waals surface area contributed by atoms with Gasteiger partial charge >= 0.3 is 0 Å². The van der Waals surface area contributed by atoms with Crippen molar-refractivity contribution in [3.63, 3.8) is 0 Å². The van der Waals surface area contributed by atoms with Gasteiger partial charge in [0.2, 0.25) is 0 Å². The predicted octanol–water partition coefficient (Wildman–Crippen LogP) is 9.24. The first-order valence-corrected chi connectivity index (χ1v) is 11.7. The summed E-state index contributed by atoms with van der Waals surface area (Å²) in [6, 6.07) is 12.4. The van der Waals surface area contributed by atoms with Crippen LogP contribution in [-0.2, 0) is 5.92 Å². The zero-order valence-electron chi connectivity index (χ0n) is 18.4. The molecule has 0 atom stereocenters. The minimum atomic E-state index is -3.11. The molecule has 30 heavy (non-hydrogen) atoms. The molecule has 1 aliphatic carbocycles. The van der Waals surface area contributed by atoms with Crippen molar-refractivity contribution in [2.45, 2.75) is 89.9 Å². The zero-order valence-corrected chi connectivity index (χ0v) is 18.4. The van der Waals surface area contributed by atoms with Crippen molar-refractivity contribution >= 4 is 0 Å². The van der Waals surface area contributed by atoms with E-state index in [1.807, 2.05) is 19.1 Å². The highest BCUT2D eigenvalue weighted by Crippen LogP contribution is 2.39. The Balaban J connectivity index is 1.66. The normalized spacial score (nSPS) is 19.8. The van der Waals surface area contributed by atoms with Crippen LogP contribution in [0.2, 0.25) is 0 Å². The fourth-order valence-electron chi connectivity index (χ4n) is 4.75. The third-order valence-electron chi connectivity index (χ3n) is 6.74. The molecule has 0 nitrogen and oxygen atoms in total. The van der Waals surface area contributed by atoms with Gasteiger partial charge in [0.15, 0.2) is 0 Å². The number of unbranched alkanes of at least 4 members (excludes halogenated alkanes) is 2. The second-order valence-corrected chi connectivity index (χ2v) is 8.98. The molecule has 0 aliphatic heterocycles. The molecule has 0 radical (unpaired) electrons. The van der Waals surface area contributed by atoms with E-state index in [4.69, 9.17) is 0 Å². The van der Waals surface area contributed by atoms with Crippen LogP contribution in [0, 0.1) is 11.7 Å². The first-order valence-electron chi connectivity index (χ1n) is 11.7. The molecular weight excluding hydrogens is 381 g/mol. The van der Waals surface area contributed by atoms with Gasteiger partial charge in [-0.1, -0.05) is 69.9 Å².